The highest BCUT2D eigenvalue weighted by Crippen LogP contribution is 1.97. The summed E-state index contributed by atoms with van der Waals surface area (Å²) in [6.45, 7) is -0.151. The van der Waals surface area contributed by atoms with E-state index in [1.807, 2.05) is 0 Å². The second-order valence-corrected chi connectivity index (χ2v) is 5.08. The van der Waals surface area contributed by atoms with Gasteiger partial charge >= 0.3 is 5.97 Å². The number of hydrogen-bond donors (Lipinski definition) is 2. The Morgan fingerprint density at radius 3 is 2.35 bits per heavy atom. The van der Waals surface area contributed by atoms with Gasteiger partial charge in [0, 0.05) is 27.8 Å². The van der Waals surface area contributed by atoms with Crippen LogP contribution >= 0.6 is 0 Å². The van der Waals surface area contributed by atoms with Crippen molar-refractivity contribution in [1.82, 2.24) is 9.03 Å². The number of nitrogens with zero attached hydrogens (tertiary/aromatic N) is 1. The van der Waals surface area contributed by atoms with Gasteiger partial charge in [-0.25, -0.2) is 0 Å². The number of carboxylic acids is 1. The molecule has 0 unspecified atom stereocenters. The predicted octanol–water partition coefficient (Wildman–Crippen LogP) is -1.15. The summed E-state index contributed by atoms with van der Waals surface area (Å²) in [6.07, 6.45) is -0.937. The minimum Gasteiger partial charge on any atom is -0.481 e. The van der Waals surface area contributed by atoms with Crippen molar-refractivity contribution in [2.24, 2.45) is 0 Å². The largest absolute Gasteiger partial charge is 0.481 e. The quantitative estimate of drug-likeness (QED) is 0.512. The van der Waals surface area contributed by atoms with Gasteiger partial charge in [0.1, 0.15) is 0 Å². The maximum Gasteiger partial charge on any atom is 0.304 e. The third-order valence-electron chi connectivity index (χ3n) is 2.01. The maximum absolute atomic E-state index is 11.6. The molecule has 0 heterocycles. The van der Waals surface area contributed by atoms with E-state index >= 15 is 0 Å². The first-order valence-corrected chi connectivity index (χ1v) is 6.25. The van der Waals surface area contributed by atoms with Crippen LogP contribution in [-0.2, 0) is 24.5 Å². The Morgan fingerprint density at radius 1 is 1.41 bits per heavy atom. The normalized spacial score (nSPS) is 12.3. The van der Waals surface area contributed by atoms with Gasteiger partial charge in [-0.2, -0.15) is 17.4 Å². The van der Waals surface area contributed by atoms with Crippen molar-refractivity contribution in [2.45, 2.75) is 12.7 Å². The molecule has 2 N–H and O–H groups in total. The van der Waals surface area contributed by atoms with Gasteiger partial charge in [-0.1, -0.05) is 0 Å². The number of hydrogen-bond acceptors (Lipinski definition) is 5. The lowest BCUT2D eigenvalue weighted by molar-refractivity contribution is -0.137. The third-order valence-corrected chi connectivity index (χ3v) is 3.54. The van der Waals surface area contributed by atoms with Gasteiger partial charge in [0.15, 0.2) is 6.29 Å². The van der Waals surface area contributed by atoms with Crippen LogP contribution in [0.1, 0.15) is 6.42 Å². The Kier molecular flexibility index (Phi) is 7.23. The molecule has 0 radical (unpaired) electrons. The third kappa shape index (κ3) is 6.54. The molecule has 0 aromatic rings. The summed E-state index contributed by atoms with van der Waals surface area (Å²) in [5, 5.41) is 8.44. The fraction of sp³-hybridized carbons (Fsp3) is 0.875. The smallest absolute Gasteiger partial charge is 0.304 e. The average molecular weight is 270 g/mol. The molecule has 9 heteroatoms. The van der Waals surface area contributed by atoms with E-state index in [1.165, 1.54) is 21.3 Å². The molecular formula is C8H18N2O6S. The molecule has 0 aliphatic rings. The first-order chi connectivity index (χ1) is 7.83. The molecule has 0 spiro atoms. The molecule has 0 aliphatic heterocycles. The summed E-state index contributed by atoms with van der Waals surface area (Å²) in [5.41, 5.74) is 0. The van der Waals surface area contributed by atoms with E-state index < -0.39 is 22.5 Å². The summed E-state index contributed by atoms with van der Waals surface area (Å²) in [6, 6.07) is 0. The number of ether oxygens (including phenoxy) is 2. The van der Waals surface area contributed by atoms with Crippen molar-refractivity contribution in [3.63, 3.8) is 0 Å². The van der Waals surface area contributed by atoms with E-state index in [9.17, 15) is 13.2 Å². The van der Waals surface area contributed by atoms with Crippen LogP contribution in [0.25, 0.3) is 0 Å². The molecule has 17 heavy (non-hydrogen) atoms. The molecule has 0 aromatic heterocycles. The van der Waals surface area contributed by atoms with Gasteiger partial charge < -0.3 is 14.6 Å². The lowest BCUT2D eigenvalue weighted by atomic mass is 10.4. The monoisotopic (exact) mass is 270 g/mol. The molecule has 0 fully saturated rings. The number of nitrogens with one attached hydrogen (secondary N) is 1. The van der Waals surface area contributed by atoms with Crippen molar-refractivity contribution in [2.75, 3.05) is 34.4 Å². The van der Waals surface area contributed by atoms with Gasteiger partial charge in [-0.15, -0.1) is 0 Å². The number of rotatable bonds is 9. The van der Waals surface area contributed by atoms with Crippen molar-refractivity contribution in [1.29, 1.82) is 0 Å². The lowest BCUT2D eigenvalue weighted by Crippen LogP contribution is -2.43. The van der Waals surface area contributed by atoms with E-state index in [0.717, 1.165) is 4.31 Å². The molecule has 0 saturated heterocycles. The minimum absolute atomic E-state index is 0.0489. The number of aliphatic carboxylic acids is 1. The molecule has 0 aromatic carbocycles. The first-order valence-electron chi connectivity index (χ1n) is 4.81. The standard InChI is InChI=1S/C8H18N2O6S/c1-10(5-4-7(11)12)17(13,14)9-6-8(15-2)16-3/h8-9H,4-6H2,1-3H3,(H,11,12). The van der Waals surface area contributed by atoms with Crippen LogP contribution in [0.2, 0.25) is 0 Å². The van der Waals surface area contributed by atoms with Gasteiger partial charge in [-0.05, 0) is 0 Å². The topological polar surface area (TPSA) is 105 Å². The Labute approximate surface area is 101 Å². The molecule has 0 saturated carbocycles. The second kappa shape index (κ2) is 7.56. The van der Waals surface area contributed by atoms with Gasteiger partial charge in [0.05, 0.1) is 13.0 Å². The molecular weight excluding hydrogens is 252 g/mol. The van der Waals surface area contributed by atoms with Crippen molar-refractivity contribution >= 4 is 16.2 Å². The molecule has 0 aliphatic carbocycles. The SMILES string of the molecule is COC(CNS(=O)(=O)N(C)CCC(=O)O)OC. The van der Waals surface area contributed by atoms with Crippen molar-refractivity contribution < 1.29 is 27.8 Å². The Hall–Kier alpha value is -0.740. The summed E-state index contributed by atoms with van der Waals surface area (Å²) in [7, 11) is 0.351. The van der Waals surface area contributed by atoms with Crippen molar-refractivity contribution in [3.8, 4) is 0 Å². The lowest BCUT2D eigenvalue weighted by Gasteiger charge is -2.19. The van der Waals surface area contributed by atoms with Crippen LogP contribution in [0.4, 0.5) is 0 Å². The highest BCUT2D eigenvalue weighted by atomic mass is 32.2. The highest BCUT2D eigenvalue weighted by Gasteiger charge is 2.19. The fourth-order valence-electron chi connectivity index (χ4n) is 0.920. The summed E-state index contributed by atoms with van der Waals surface area (Å²) in [5.74, 6) is -1.06. The average Bonchev–Trinajstić information content (AvgIpc) is 2.27. The van der Waals surface area contributed by atoms with Crippen LogP contribution in [0.3, 0.4) is 0 Å². The number of methoxy groups -OCH3 is 2. The summed E-state index contributed by atoms with van der Waals surface area (Å²) in [4.78, 5) is 10.3. The second-order valence-electron chi connectivity index (χ2n) is 3.22. The zero-order chi connectivity index (χ0) is 13.5. The van der Waals surface area contributed by atoms with Crippen LogP contribution in [0.15, 0.2) is 0 Å². The Bertz CT molecular complexity index is 327. The molecule has 8 nitrogen and oxygen atoms in total. The molecule has 102 valence electrons. The van der Waals surface area contributed by atoms with E-state index in [1.54, 1.807) is 0 Å². The first kappa shape index (κ1) is 16.3. The molecule has 0 bridgehead atoms. The number of carboxylic acid groups (broad SMARTS) is 1. The number of carbonyl (C=O) groups is 1. The van der Waals surface area contributed by atoms with Crippen LogP contribution in [-0.4, -0.2) is 64.4 Å². The van der Waals surface area contributed by atoms with Gasteiger partial charge in [0.25, 0.3) is 10.2 Å². The fourth-order valence-corrected chi connectivity index (χ4v) is 1.82. The van der Waals surface area contributed by atoms with Crippen molar-refractivity contribution in [3.05, 3.63) is 0 Å². The van der Waals surface area contributed by atoms with Crippen LogP contribution < -0.4 is 4.72 Å². The minimum atomic E-state index is -3.71. The van der Waals surface area contributed by atoms with E-state index in [0.29, 0.717) is 0 Å². The van der Waals surface area contributed by atoms with Gasteiger partial charge in [-0.3, -0.25) is 4.79 Å². The zero-order valence-corrected chi connectivity index (χ0v) is 10.9. The summed E-state index contributed by atoms with van der Waals surface area (Å²) >= 11 is 0. The van der Waals surface area contributed by atoms with E-state index in [4.69, 9.17) is 14.6 Å². The zero-order valence-electron chi connectivity index (χ0n) is 10.0. The Balaban J connectivity index is 4.22. The molecule has 0 amide bonds. The maximum atomic E-state index is 11.6. The van der Waals surface area contributed by atoms with Crippen LogP contribution in [0, 0.1) is 0 Å². The van der Waals surface area contributed by atoms with E-state index in [-0.39, 0.29) is 19.5 Å². The van der Waals surface area contributed by atoms with E-state index in [2.05, 4.69) is 4.72 Å². The van der Waals surface area contributed by atoms with Gasteiger partial charge in [0.2, 0.25) is 0 Å². The molecule has 0 atom stereocenters. The van der Waals surface area contributed by atoms with Crippen LogP contribution in [0.5, 0.6) is 0 Å². The predicted molar refractivity (Wildman–Crippen MR) is 59.6 cm³/mol. The Morgan fingerprint density at radius 2 is 1.94 bits per heavy atom. The molecule has 0 rings (SSSR count). The highest BCUT2D eigenvalue weighted by molar-refractivity contribution is 7.87. The summed E-state index contributed by atoms with van der Waals surface area (Å²) < 4.78 is 36.0.